The third-order valence-electron chi connectivity index (χ3n) is 4.75. The van der Waals surface area contributed by atoms with Crippen LogP contribution in [-0.2, 0) is 5.41 Å². The molecule has 0 aliphatic carbocycles. The Bertz CT molecular complexity index is 1170. The van der Waals surface area contributed by atoms with Gasteiger partial charge in [0, 0.05) is 16.5 Å². The summed E-state index contributed by atoms with van der Waals surface area (Å²) in [5.74, 6) is -24.0. The van der Waals surface area contributed by atoms with E-state index in [0.717, 1.165) is 0 Å². The van der Waals surface area contributed by atoms with Crippen LogP contribution in [0.3, 0.4) is 0 Å². The van der Waals surface area contributed by atoms with Crippen molar-refractivity contribution in [3.05, 3.63) is 68.3 Å². The second-order valence-corrected chi connectivity index (χ2v) is 6.98. The van der Waals surface area contributed by atoms with Crippen LogP contribution in [0, 0.1) is 34.9 Å². The number of carbonyl (C=O) groups is 4. The second-order valence-electron chi connectivity index (χ2n) is 6.98. The number of carboxylic acid groups (broad SMARTS) is 4. The number of aromatic carboxylic acids is 4. The van der Waals surface area contributed by atoms with Gasteiger partial charge in [0.1, 0.15) is 33.9 Å². The van der Waals surface area contributed by atoms with E-state index in [1.54, 1.807) is 0 Å². The Morgan fingerprint density at radius 2 is 0.697 bits per heavy atom. The lowest BCUT2D eigenvalue weighted by molar-refractivity contribution is 0.0639. The zero-order chi connectivity index (χ0) is 25.7. The average molecular weight is 480 g/mol. The van der Waals surface area contributed by atoms with Gasteiger partial charge in [-0.3, -0.25) is 0 Å². The molecule has 2 aromatic rings. The van der Waals surface area contributed by atoms with Gasteiger partial charge in [-0.25, -0.2) is 45.5 Å². The van der Waals surface area contributed by atoms with Gasteiger partial charge in [0.2, 0.25) is 0 Å². The lowest BCUT2D eigenvalue weighted by atomic mass is 9.74. The van der Waals surface area contributed by atoms with Gasteiger partial charge in [-0.1, -0.05) is 13.8 Å². The first-order chi connectivity index (χ1) is 15.0. The Kier molecular flexibility index (Phi) is 6.18. The number of halogens is 6. The molecule has 2 aromatic carbocycles. The molecule has 33 heavy (non-hydrogen) atoms. The van der Waals surface area contributed by atoms with Gasteiger partial charge in [-0.05, 0) is 0 Å². The van der Waals surface area contributed by atoms with Gasteiger partial charge in [-0.15, -0.1) is 0 Å². The van der Waals surface area contributed by atoms with E-state index in [1.165, 1.54) is 0 Å². The van der Waals surface area contributed by atoms with Gasteiger partial charge in [-0.2, -0.15) is 0 Å². The number of rotatable bonds is 6. The van der Waals surface area contributed by atoms with Crippen LogP contribution < -0.4 is 0 Å². The Labute approximate surface area is 178 Å². The van der Waals surface area contributed by atoms with E-state index >= 15 is 0 Å². The SMILES string of the molecule is CC(C)(c1c(F)c(F)c(C(=O)O)c(C(=O)O)c1F)c1c(F)c(F)c(C(=O)O)c(C(=O)O)c1F. The van der Waals surface area contributed by atoms with Crippen molar-refractivity contribution in [1.29, 1.82) is 0 Å². The van der Waals surface area contributed by atoms with E-state index < -0.39 is 97.6 Å². The molecule has 0 fully saturated rings. The van der Waals surface area contributed by atoms with Gasteiger partial charge >= 0.3 is 23.9 Å². The first-order valence-corrected chi connectivity index (χ1v) is 8.34. The molecule has 0 saturated carbocycles. The molecule has 14 heteroatoms. The van der Waals surface area contributed by atoms with Gasteiger partial charge in [0.25, 0.3) is 0 Å². The highest BCUT2D eigenvalue weighted by Gasteiger charge is 2.44. The van der Waals surface area contributed by atoms with E-state index in [1.807, 2.05) is 0 Å². The summed E-state index contributed by atoms with van der Waals surface area (Å²) in [7, 11) is 0. The molecule has 0 aliphatic heterocycles. The van der Waals surface area contributed by atoms with Crippen molar-refractivity contribution in [3.8, 4) is 0 Å². The van der Waals surface area contributed by atoms with E-state index in [2.05, 4.69) is 0 Å². The van der Waals surface area contributed by atoms with Crippen molar-refractivity contribution in [2.75, 3.05) is 0 Å². The maximum atomic E-state index is 15.0. The normalized spacial score (nSPS) is 11.4. The Morgan fingerprint density at radius 1 is 0.485 bits per heavy atom. The molecular formula is C19H10F6O8. The second kappa shape index (κ2) is 8.11. The van der Waals surface area contributed by atoms with Crippen molar-refractivity contribution < 1.29 is 65.9 Å². The molecule has 0 saturated heterocycles. The highest BCUT2D eigenvalue weighted by atomic mass is 19.2. The number of hydrogen-bond donors (Lipinski definition) is 4. The highest BCUT2D eigenvalue weighted by molar-refractivity contribution is 6.03. The summed E-state index contributed by atoms with van der Waals surface area (Å²) in [4.78, 5) is 44.9. The molecule has 0 aliphatic rings. The first-order valence-electron chi connectivity index (χ1n) is 8.34. The fourth-order valence-corrected chi connectivity index (χ4v) is 3.35. The maximum absolute atomic E-state index is 15.0. The zero-order valence-corrected chi connectivity index (χ0v) is 16.2. The summed E-state index contributed by atoms with van der Waals surface area (Å²) in [6, 6.07) is 0. The predicted octanol–water partition coefficient (Wildman–Crippen LogP) is 3.64. The molecule has 0 unspecified atom stereocenters. The summed E-state index contributed by atoms with van der Waals surface area (Å²) in [5.41, 5.74) is -14.3. The fourth-order valence-electron chi connectivity index (χ4n) is 3.35. The van der Waals surface area contributed by atoms with Crippen molar-refractivity contribution in [2.24, 2.45) is 0 Å². The molecule has 0 heterocycles. The van der Waals surface area contributed by atoms with Crippen LogP contribution in [0.2, 0.25) is 0 Å². The summed E-state index contributed by atoms with van der Waals surface area (Å²) < 4.78 is 88.2. The van der Waals surface area contributed by atoms with Crippen LogP contribution in [0.4, 0.5) is 26.3 Å². The Balaban J connectivity index is 3.15. The van der Waals surface area contributed by atoms with Crippen molar-refractivity contribution in [3.63, 3.8) is 0 Å². The van der Waals surface area contributed by atoms with Gasteiger partial charge in [0.15, 0.2) is 23.3 Å². The van der Waals surface area contributed by atoms with E-state index in [-0.39, 0.29) is 0 Å². The smallest absolute Gasteiger partial charge is 0.339 e. The van der Waals surface area contributed by atoms with Crippen LogP contribution in [-0.4, -0.2) is 44.3 Å². The molecule has 0 aromatic heterocycles. The third-order valence-corrected chi connectivity index (χ3v) is 4.75. The minimum atomic E-state index is -2.95. The minimum absolute atomic E-state index is 0.507. The fraction of sp³-hybridized carbons (Fsp3) is 0.158. The molecule has 4 N–H and O–H groups in total. The predicted molar refractivity (Wildman–Crippen MR) is 92.6 cm³/mol. The molecule has 0 atom stereocenters. The summed E-state index contributed by atoms with van der Waals surface area (Å²) in [6.07, 6.45) is 0. The molecule has 0 bridgehead atoms. The Hall–Kier alpha value is -4.10. The van der Waals surface area contributed by atoms with E-state index in [0.29, 0.717) is 13.8 Å². The topological polar surface area (TPSA) is 149 Å². The van der Waals surface area contributed by atoms with Crippen LogP contribution in [0.15, 0.2) is 0 Å². The Morgan fingerprint density at radius 3 is 0.909 bits per heavy atom. The lowest BCUT2D eigenvalue weighted by Crippen LogP contribution is -2.31. The van der Waals surface area contributed by atoms with Crippen LogP contribution >= 0.6 is 0 Å². The zero-order valence-electron chi connectivity index (χ0n) is 16.2. The quantitative estimate of drug-likeness (QED) is 0.362. The molecule has 8 nitrogen and oxygen atoms in total. The molecule has 0 radical (unpaired) electrons. The van der Waals surface area contributed by atoms with Crippen molar-refractivity contribution in [1.82, 2.24) is 0 Å². The monoisotopic (exact) mass is 480 g/mol. The maximum Gasteiger partial charge on any atom is 0.339 e. The summed E-state index contributed by atoms with van der Waals surface area (Å²) in [6.45, 7) is 1.01. The minimum Gasteiger partial charge on any atom is -0.478 e. The van der Waals surface area contributed by atoms with E-state index in [9.17, 15) is 45.5 Å². The van der Waals surface area contributed by atoms with Crippen LogP contribution in [0.1, 0.15) is 66.4 Å². The molecule has 2 rings (SSSR count). The average Bonchev–Trinajstić information content (AvgIpc) is 2.65. The highest BCUT2D eigenvalue weighted by Crippen LogP contribution is 2.42. The third kappa shape index (κ3) is 3.62. The largest absolute Gasteiger partial charge is 0.478 e. The van der Waals surface area contributed by atoms with E-state index in [4.69, 9.17) is 20.4 Å². The van der Waals surface area contributed by atoms with Crippen LogP contribution in [0.25, 0.3) is 0 Å². The number of carboxylic acids is 4. The standard InChI is InChI=1S/C19H10F6O8/c1-19(2,7-9(20)3(15(26)27)5(17(30)31)11(22)13(7)24)8-10(21)4(16(28)29)6(18(32)33)12(23)14(8)25/h1-2H3,(H,26,27)(H,28,29)(H,30,31)(H,32,33). The molecular weight excluding hydrogens is 470 g/mol. The number of benzene rings is 2. The molecule has 0 amide bonds. The molecule has 0 spiro atoms. The summed E-state index contributed by atoms with van der Waals surface area (Å²) in [5, 5.41) is 36.1. The summed E-state index contributed by atoms with van der Waals surface area (Å²) >= 11 is 0. The van der Waals surface area contributed by atoms with Crippen LogP contribution in [0.5, 0.6) is 0 Å². The van der Waals surface area contributed by atoms with Crippen molar-refractivity contribution >= 4 is 23.9 Å². The van der Waals surface area contributed by atoms with Gasteiger partial charge in [0.05, 0.1) is 0 Å². The van der Waals surface area contributed by atoms with Crippen molar-refractivity contribution in [2.45, 2.75) is 19.3 Å². The van der Waals surface area contributed by atoms with Gasteiger partial charge < -0.3 is 20.4 Å². The first kappa shape index (κ1) is 25.2. The lowest BCUT2D eigenvalue weighted by Gasteiger charge is -2.29. The molecule has 176 valence electrons. The number of hydrogen-bond acceptors (Lipinski definition) is 4.